The molecule has 0 saturated heterocycles. The van der Waals surface area contributed by atoms with Crippen molar-refractivity contribution in [2.45, 2.75) is 69.5 Å². The third-order valence-corrected chi connectivity index (χ3v) is 11.4. The van der Waals surface area contributed by atoms with Crippen molar-refractivity contribution >= 4 is 62.3 Å². The number of hydrogen-bond acceptors (Lipinski definition) is 4. The minimum atomic E-state index is -4.26. The Balaban J connectivity index is 1.59. The minimum absolute atomic E-state index is 0.00385. The average Bonchev–Trinajstić information content (AvgIpc) is 3.57. The SMILES string of the molecule is Cc1ccc(N(CC(=O)N(Cc2ccc(Cl)cc2Cl)[C@H](Cc2ccccc2)C(=O)NC2CCCC2)S(=O)(=O)c2ccc(Cl)cc2)cc1C. The number of carbonyl (C=O) groups excluding carboxylic acids is 2. The van der Waals surface area contributed by atoms with Crippen LogP contribution >= 0.6 is 34.8 Å². The van der Waals surface area contributed by atoms with E-state index in [4.69, 9.17) is 34.8 Å². The molecule has 5 rings (SSSR count). The van der Waals surface area contributed by atoms with Crippen LogP contribution in [0.1, 0.15) is 47.9 Å². The third-order valence-electron chi connectivity index (χ3n) is 8.79. The Kier molecular flexibility index (Phi) is 11.7. The predicted molar refractivity (Wildman–Crippen MR) is 193 cm³/mol. The van der Waals surface area contributed by atoms with Gasteiger partial charge in [0.2, 0.25) is 11.8 Å². The highest BCUT2D eigenvalue weighted by Gasteiger charge is 2.36. The highest BCUT2D eigenvalue weighted by atomic mass is 35.5. The first-order valence-electron chi connectivity index (χ1n) is 15.9. The Hall–Kier alpha value is -3.56. The van der Waals surface area contributed by atoms with Gasteiger partial charge in [0.15, 0.2) is 0 Å². The van der Waals surface area contributed by atoms with Crippen molar-refractivity contribution in [3.63, 3.8) is 0 Å². The molecule has 7 nitrogen and oxygen atoms in total. The molecule has 0 bridgehead atoms. The van der Waals surface area contributed by atoms with E-state index in [9.17, 15) is 18.0 Å². The summed E-state index contributed by atoms with van der Waals surface area (Å²) in [5, 5.41) is 4.31. The van der Waals surface area contributed by atoms with Crippen LogP contribution in [0.25, 0.3) is 0 Å². The fourth-order valence-corrected chi connectivity index (χ4v) is 7.90. The first kappa shape index (κ1) is 35.7. The number of benzene rings is 4. The highest BCUT2D eigenvalue weighted by molar-refractivity contribution is 7.92. The Morgan fingerprint density at radius 1 is 0.833 bits per heavy atom. The second kappa shape index (κ2) is 15.8. The summed E-state index contributed by atoms with van der Waals surface area (Å²) < 4.78 is 29.6. The average molecular weight is 727 g/mol. The molecule has 11 heteroatoms. The standard InChI is InChI=1S/C37H38Cl3N3O4S/c1-25-12-17-32(20-26(25)2)43(48(46,47)33-18-15-29(38)16-19-33)24-36(44)42(23-28-13-14-30(39)22-34(28)40)35(21-27-8-4-3-5-9-27)37(45)41-31-10-6-7-11-31/h3-5,8-9,12-20,22,31,35H,6-7,10-11,21,23-24H2,1-2H3,(H,41,45)/t35-/m1/s1. The van der Waals surface area contributed by atoms with Crippen LogP contribution in [0.4, 0.5) is 5.69 Å². The van der Waals surface area contributed by atoms with Crippen molar-refractivity contribution in [1.29, 1.82) is 0 Å². The molecule has 0 radical (unpaired) electrons. The summed E-state index contributed by atoms with van der Waals surface area (Å²) in [4.78, 5) is 30.3. The number of nitrogens with one attached hydrogen (secondary N) is 1. The van der Waals surface area contributed by atoms with Gasteiger partial charge in [0.1, 0.15) is 12.6 Å². The van der Waals surface area contributed by atoms with E-state index in [-0.39, 0.29) is 29.8 Å². The molecule has 252 valence electrons. The second-order valence-electron chi connectivity index (χ2n) is 12.2. The number of aryl methyl sites for hydroxylation is 2. The summed E-state index contributed by atoms with van der Waals surface area (Å²) >= 11 is 18.9. The van der Waals surface area contributed by atoms with E-state index in [2.05, 4.69) is 5.32 Å². The number of rotatable bonds is 12. The van der Waals surface area contributed by atoms with Crippen molar-refractivity contribution in [3.05, 3.63) is 128 Å². The molecular formula is C37H38Cl3N3O4S. The molecule has 1 aliphatic rings. The van der Waals surface area contributed by atoms with Crippen LogP contribution < -0.4 is 9.62 Å². The first-order chi connectivity index (χ1) is 22.9. The second-order valence-corrected chi connectivity index (χ2v) is 15.3. The van der Waals surface area contributed by atoms with E-state index >= 15 is 0 Å². The molecule has 1 aliphatic carbocycles. The molecule has 0 aromatic heterocycles. The van der Waals surface area contributed by atoms with Crippen LogP contribution in [0.15, 0.2) is 95.9 Å². The number of hydrogen-bond donors (Lipinski definition) is 1. The molecule has 0 aliphatic heterocycles. The van der Waals surface area contributed by atoms with Crippen LogP contribution in [0.2, 0.25) is 15.1 Å². The van der Waals surface area contributed by atoms with Gasteiger partial charge >= 0.3 is 0 Å². The van der Waals surface area contributed by atoms with Gasteiger partial charge in [-0.3, -0.25) is 13.9 Å². The molecule has 4 aromatic rings. The van der Waals surface area contributed by atoms with E-state index < -0.39 is 28.5 Å². The molecule has 0 unspecified atom stereocenters. The molecule has 1 N–H and O–H groups in total. The lowest BCUT2D eigenvalue weighted by atomic mass is 10.0. The molecule has 1 fully saturated rings. The predicted octanol–water partition coefficient (Wildman–Crippen LogP) is 8.16. The van der Waals surface area contributed by atoms with Crippen molar-refractivity contribution in [2.75, 3.05) is 10.8 Å². The Morgan fingerprint density at radius 2 is 1.50 bits per heavy atom. The number of amides is 2. The van der Waals surface area contributed by atoms with Crippen LogP contribution in [0, 0.1) is 13.8 Å². The zero-order valence-electron chi connectivity index (χ0n) is 26.8. The van der Waals surface area contributed by atoms with Gasteiger partial charge in [-0.2, -0.15) is 0 Å². The Morgan fingerprint density at radius 3 is 2.15 bits per heavy atom. The molecule has 1 saturated carbocycles. The quantitative estimate of drug-likeness (QED) is 0.160. The third kappa shape index (κ3) is 8.72. The van der Waals surface area contributed by atoms with Crippen molar-refractivity contribution < 1.29 is 18.0 Å². The van der Waals surface area contributed by atoms with Gasteiger partial charge in [0.25, 0.3) is 10.0 Å². The maximum Gasteiger partial charge on any atom is 0.264 e. The lowest BCUT2D eigenvalue weighted by Crippen LogP contribution is -2.54. The topological polar surface area (TPSA) is 86.8 Å². The van der Waals surface area contributed by atoms with E-state index in [1.807, 2.05) is 50.2 Å². The van der Waals surface area contributed by atoms with E-state index in [0.717, 1.165) is 46.7 Å². The first-order valence-corrected chi connectivity index (χ1v) is 18.4. The van der Waals surface area contributed by atoms with Crippen molar-refractivity contribution in [3.8, 4) is 0 Å². The number of anilines is 1. The van der Waals surface area contributed by atoms with Gasteiger partial charge in [-0.15, -0.1) is 0 Å². The highest BCUT2D eigenvalue weighted by Crippen LogP contribution is 2.29. The normalized spacial score (nSPS) is 14.0. The Labute approximate surface area is 297 Å². The monoisotopic (exact) mass is 725 g/mol. The van der Waals surface area contributed by atoms with Gasteiger partial charge in [-0.25, -0.2) is 8.42 Å². The van der Waals surface area contributed by atoms with Crippen LogP contribution in [-0.4, -0.2) is 43.8 Å². The molecule has 4 aromatic carbocycles. The maximum atomic E-state index is 14.7. The minimum Gasteiger partial charge on any atom is -0.352 e. The lowest BCUT2D eigenvalue weighted by molar-refractivity contribution is -0.140. The van der Waals surface area contributed by atoms with Gasteiger partial charge < -0.3 is 10.2 Å². The summed E-state index contributed by atoms with van der Waals surface area (Å²) in [6, 6.07) is 24.5. The lowest BCUT2D eigenvalue weighted by Gasteiger charge is -2.34. The van der Waals surface area contributed by atoms with E-state index in [0.29, 0.717) is 26.3 Å². The maximum absolute atomic E-state index is 14.7. The smallest absolute Gasteiger partial charge is 0.264 e. The number of sulfonamides is 1. The molecule has 0 spiro atoms. The van der Waals surface area contributed by atoms with Crippen molar-refractivity contribution in [2.24, 2.45) is 0 Å². The zero-order chi connectivity index (χ0) is 34.4. The molecule has 0 heterocycles. The van der Waals surface area contributed by atoms with Crippen LogP contribution in [0.5, 0.6) is 0 Å². The van der Waals surface area contributed by atoms with Gasteiger partial charge in [-0.1, -0.05) is 90.1 Å². The van der Waals surface area contributed by atoms with Gasteiger partial charge in [0, 0.05) is 34.1 Å². The number of nitrogens with zero attached hydrogens (tertiary/aromatic N) is 2. The van der Waals surface area contributed by atoms with Crippen LogP contribution in [-0.2, 0) is 32.6 Å². The zero-order valence-corrected chi connectivity index (χ0v) is 29.9. The number of halogens is 3. The number of carbonyl (C=O) groups is 2. The van der Waals surface area contributed by atoms with Crippen LogP contribution in [0.3, 0.4) is 0 Å². The fourth-order valence-electron chi connectivity index (χ4n) is 5.90. The van der Waals surface area contributed by atoms with E-state index in [1.54, 1.807) is 30.3 Å². The fraction of sp³-hybridized carbons (Fsp3) is 0.297. The molecule has 1 atom stereocenters. The summed E-state index contributed by atoms with van der Waals surface area (Å²) in [5.41, 5.74) is 3.57. The van der Waals surface area contributed by atoms with Gasteiger partial charge in [-0.05, 0) is 97.5 Å². The van der Waals surface area contributed by atoms with Crippen molar-refractivity contribution in [1.82, 2.24) is 10.2 Å². The molecular weight excluding hydrogens is 689 g/mol. The summed E-state index contributed by atoms with van der Waals surface area (Å²) in [6.07, 6.45) is 3.97. The summed E-state index contributed by atoms with van der Waals surface area (Å²) in [6.45, 7) is 3.19. The largest absolute Gasteiger partial charge is 0.352 e. The van der Waals surface area contributed by atoms with E-state index in [1.165, 1.54) is 29.2 Å². The Bertz CT molecular complexity index is 1860. The summed E-state index contributed by atoms with van der Waals surface area (Å²) in [7, 11) is -4.26. The van der Waals surface area contributed by atoms with Gasteiger partial charge in [0.05, 0.1) is 10.6 Å². The summed E-state index contributed by atoms with van der Waals surface area (Å²) in [5.74, 6) is -0.873. The molecule has 2 amide bonds. The molecule has 48 heavy (non-hydrogen) atoms.